The molecule has 0 bridgehead atoms. The summed E-state index contributed by atoms with van der Waals surface area (Å²) in [6, 6.07) is 0. The van der Waals surface area contributed by atoms with Crippen molar-refractivity contribution in [2.24, 2.45) is 0 Å². The predicted octanol–water partition coefficient (Wildman–Crippen LogP) is 3.69. The lowest BCUT2D eigenvalue weighted by molar-refractivity contribution is 0.757. The van der Waals surface area contributed by atoms with E-state index in [-0.39, 0.29) is 5.54 Å². The Morgan fingerprint density at radius 2 is 1.84 bits per heavy atom. The first-order chi connectivity index (χ1) is 8.95. The number of aromatic nitrogens is 2. The number of rotatable bonds is 6. The minimum absolute atomic E-state index is 0.245. The van der Waals surface area contributed by atoms with E-state index in [1.165, 1.54) is 12.8 Å². The van der Waals surface area contributed by atoms with Crippen LogP contribution in [-0.2, 0) is 0 Å². The molecule has 0 radical (unpaired) electrons. The first-order valence-corrected chi connectivity index (χ1v) is 7.36. The van der Waals surface area contributed by atoms with E-state index in [1.54, 1.807) is 0 Å². The van der Waals surface area contributed by atoms with E-state index in [9.17, 15) is 0 Å². The standard InChI is InChI=1S/C15H26N4/c1-6-9-16-13-11(4)14(19-15(5)7-8-15)18-12(17-13)10(2)3/h10H,6-9H2,1-5H3,(H2,16,17,18,19). The smallest absolute Gasteiger partial charge is 0.135 e. The van der Waals surface area contributed by atoms with Gasteiger partial charge in [0.05, 0.1) is 0 Å². The summed E-state index contributed by atoms with van der Waals surface area (Å²) >= 11 is 0. The molecule has 4 heteroatoms. The van der Waals surface area contributed by atoms with Crippen molar-refractivity contribution in [1.29, 1.82) is 0 Å². The number of nitrogens with one attached hydrogen (secondary N) is 2. The quantitative estimate of drug-likeness (QED) is 0.821. The minimum atomic E-state index is 0.245. The topological polar surface area (TPSA) is 49.8 Å². The number of nitrogens with zero attached hydrogens (tertiary/aromatic N) is 2. The lowest BCUT2D eigenvalue weighted by atomic mass is 10.2. The fourth-order valence-corrected chi connectivity index (χ4v) is 1.93. The fourth-order valence-electron chi connectivity index (χ4n) is 1.93. The van der Waals surface area contributed by atoms with Gasteiger partial charge in [0.25, 0.3) is 0 Å². The highest BCUT2D eigenvalue weighted by molar-refractivity contribution is 5.59. The summed E-state index contributed by atoms with van der Waals surface area (Å²) in [7, 11) is 0. The first kappa shape index (κ1) is 14.1. The summed E-state index contributed by atoms with van der Waals surface area (Å²) in [4.78, 5) is 9.36. The first-order valence-electron chi connectivity index (χ1n) is 7.36. The molecule has 1 saturated carbocycles. The molecule has 0 amide bonds. The molecule has 0 spiro atoms. The predicted molar refractivity (Wildman–Crippen MR) is 80.9 cm³/mol. The van der Waals surface area contributed by atoms with Crippen LogP contribution >= 0.6 is 0 Å². The van der Waals surface area contributed by atoms with Crippen LogP contribution in [0.15, 0.2) is 0 Å². The Balaban J connectivity index is 2.31. The average Bonchev–Trinajstić information content (AvgIpc) is 3.08. The zero-order valence-electron chi connectivity index (χ0n) is 12.8. The van der Waals surface area contributed by atoms with Crippen molar-refractivity contribution in [2.45, 2.75) is 65.3 Å². The summed E-state index contributed by atoms with van der Waals surface area (Å²) in [6.45, 7) is 11.7. The summed E-state index contributed by atoms with van der Waals surface area (Å²) in [6.07, 6.45) is 3.55. The van der Waals surface area contributed by atoms with Gasteiger partial charge in [-0.15, -0.1) is 0 Å². The van der Waals surface area contributed by atoms with Crippen molar-refractivity contribution in [1.82, 2.24) is 9.97 Å². The molecule has 2 N–H and O–H groups in total. The van der Waals surface area contributed by atoms with Gasteiger partial charge >= 0.3 is 0 Å². The van der Waals surface area contributed by atoms with Gasteiger partial charge in [-0.2, -0.15) is 0 Å². The maximum Gasteiger partial charge on any atom is 0.135 e. The summed E-state index contributed by atoms with van der Waals surface area (Å²) in [5.74, 6) is 3.23. The van der Waals surface area contributed by atoms with Crippen LogP contribution in [-0.4, -0.2) is 22.1 Å². The molecule has 4 nitrogen and oxygen atoms in total. The highest BCUT2D eigenvalue weighted by Gasteiger charge is 2.38. The Kier molecular flexibility index (Phi) is 3.97. The normalized spacial score (nSPS) is 16.5. The Morgan fingerprint density at radius 1 is 1.21 bits per heavy atom. The molecule has 0 aliphatic heterocycles. The monoisotopic (exact) mass is 262 g/mol. The molecule has 0 atom stereocenters. The van der Waals surface area contributed by atoms with Crippen molar-refractivity contribution >= 4 is 11.6 Å². The van der Waals surface area contributed by atoms with Crippen molar-refractivity contribution in [3.8, 4) is 0 Å². The number of hydrogen-bond acceptors (Lipinski definition) is 4. The summed E-state index contributed by atoms with van der Waals surface area (Å²) < 4.78 is 0. The van der Waals surface area contributed by atoms with E-state index in [2.05, 4.69) is 50.2 Å². The second-order valence-electron chi connectivity index (χ2n) is 6.17. The van der Waals surface area contributed by atoms with Gasteiger partial charge in [-0.3, -0.25) is 0 Å². The lowest BCUT2D eigenvalue weighted by Gasteiger charge is -2.19. The fraction of sp³-hybridized carbons (Fsp3) is 0.733. The Morgan fingerprint density at radius 3 is 2.37 bits per heavy atom. The molecule has 1 fully saturated rings. The van der Waals surface area contributed by atoms with Gasteiger partial charge in [0.2, 0.25) is 0 Å². The highest BCUT2D eigenvalue weighted by Crippen LogP contribution is 2.39. The second kappa shape index (κ2) is 5.35. The van der Waals surface area contributed by atoms with Gasteiger partial charge in [0.15, 0.2) is 0 Å². The molecule has 1 aromatic heterocycles. The zero-order valence-corrected chi connectivity index (χ0v) is 12.8. The number of anilines is 2. The maximum atomic E-state index is 4.70. The third kappa shape index (κ3) is 3.37. The molecule has 1 aromatic rings. The molecule has 2 rings (SSSR count). The van der Waals surface area contributed by atoms with E-state index < -0.39 is 0 Å². The highest BCUT2D eigenvalue weighted by atomic mass is 15.1. The van der Waals surface area contributed by atoms with Gasteiger partial charge in [0, 0.05) is 23.6 Å². The molecular formula is C15H26N4. The molecule has 106 valence electrons. The van der Waals surface area contributed by atoms with Crippen LogP contribution in [0.2, 0.25) is 0 Å². The summed E-state index contributed by atoms with van der Waals surface area (Å²) in [5.41, 5.74) is 1.38. The van der Waals surface area contributed by atoms with Crippen molar-refractivity contribution in [3.63, 3.8) is 0 Å². The van der Waals surface area contributed by atoms with Crippen LogP contribution in [0.3, 0.4) is 0 Å². The molecular weight excluding hydrogens is 236 g/mol. The van der Waals surface area contributed by atoms with Crippen LogP contribution in [0.25, 0.3) is 0 Å². The SMILES string of the molecule is CCCNc1nc(C(C)C)nc(NC2(C)CC2)c1C. The molecule has 1 aliphatic rings. The molecule has 0 aromatic carbocycles. The van der Waals surface area contributed by atoms with Crippen LogP contribution in [0.1, 0.15) is 64.3 Å². The maximum absolute atomic E-state index is 4.70. The molecule has 0 unspecified atom stereocenters. The largest absolute Gasteiger partial charge is 0.370 e. The van der Waals surface area contributed by atoms with E-state index in [0.29, 0.717) is 5.92 Å². The van der Waals surface area contributed by atoms with Crippen molar-refractivity contribution in [3.05, 3.63) is 11.4 Å². The molecule has 0 saturated heterocycles. The molecule has 1 heterocycles. The average molecular weight is 262 g/mol. The van der Waals surface area contributed by atoms with Crippen LogP contribution < -0.4 is 10.6 Å². The number of hydrogen-bond donors (Lipinski definition) is 2. The van der Waals surface area contributed by atoms with Gasteiger partial charge in [0.1, 0.15) is 17.5 Å². The third-order valence-electron chi connectivity index (χ3n) is 3.64. The molecule has 19 heavy (non-hydrogen) atoms. The van der Waals surface area contributed by atoms with E-state index >= 15 is 0 Å². The van der Waals surface area contributed by atoms with E-state index in [1.807, 2.05) is 0 Å². The van der Waals surface area contributed by atoms with Crippen LogP contribution in [0.4, 0.5) is 11.6 Å². The van der Waals surface area contributed by atoms with Gasteiger partial charge < -0.3 is 10.6 Å². The molecule has 1 aliphatic carbocycles. The minimum Gasteiger partial charge on any atom is -0.370 e. The van der Waals surface area contributed by atoms with Crippen molar-refractivity contribution in [2.75, 3.05) is 17.2 Å². The van der Waals surface area contributed by atoms with Gasteiger partial charge in [-0.1, -0.05) is 20.8 Å². The van der Waals surface area contributed by atoms with E-state index in [4.69, 9.17) is 4.98 Å². The van der Waals surface area contributed by atoms with Crippen LogP contribution in [0, 0.1) is 6.92 Å². The third-order valence-corrected chi connectivity index (χ3v) is 3.64. The Labute approximate surface area is 116 Å². The lowest BCUT2D eigenvalue weighted by Crippen LogP contribution is -2.20. The van der Waals surface area contributed by atoms with Gasteiger partial charge in [-0.05, 0) is 33.1 Å². The summed E-state index contributed by atoms with van der Waals surface area (Å²) in [5, 5.41) is 6.99. The van der Waals surface area contributed by atoms with E-state index in [0.717, 1.165) is 36.0 Å². The second-order valence-corrected chi connectivity index (χ2v) is 6.17. The Hall–Kier alpha value is -1.32. The van der Waals surface area contributed by atoms with Crippen molar-refractivity contribution < 1.29 is 0 Å². The van der Waals surface area contributed by atoms with Gasteiger partial charge in [-0.25, -0.2) is 9.97 Å². The van der Waals surface area contributed by atoms with Crippen LogP contribution in [0.5, 0.6) is 0 Å². The zero-order chi connectivity index (χ0) is 14.0. The Bertz CT molecular complexity index is 450.